The normalized spacial score (nSPS) is 20.8. The molecule has 8 heteroatoms. The Labute approximate surface area is 172 Å². The van der Waals surface area contributed by atoms with Gasteiger partial charge >= 0.3 is 0 Å². The molecule has 2 aliphatic rings. The highest BCUT2D eigenvalue weighted by atomic mass is 79.9. The number of hydrogen-bond acceptors (Lipinski definition) is 4. The highest BCUT2D eigenvalue weighted by Gasteiger charge is 2.34. The topological polar surface area (TPSA) is 44.7 Å². The number of aromatic hydroxyl groups is 1. The minimum absolute atomic E-state index is 0. The van der Waals surface area contributed by atoms with Crippen LogP contribution in [-0.2, 0) is 4.74 Å². The average Bonchev–Trinajstić information content (AvgIpc) is 2.52. The number of rotatable bonds is 3. The number of nitrogens with one attached hydrogen (secondary N) is 1. The zero-order valence-corrected chi connectivity index (χ0v) is 18.1. The second-order valence-electron chi connectivity index (χ2n) is 6.00. The van der Waals surface area contributed by atoms with Gasteiger partial charge in [0, 0.05) is 59.9 Å². The number of nitrogens with zero attached hydrogens (tertiary/aromatic N) is 1. The van der Waals surface area contributed by atoms with Crippen molar-refractivity contribution < 1.29 is 9.84 Å². The van der Waals surface area contributed by atoms with Gasteiger partial charge in [-0.15, -0.1) is 24.8 Å². The summed E-state index contributed by atoms with van der Waals surface area (Å²) in [6.07, 6.45) is 2.10. The van der Waals surface area contributed by atoms with E-state index < -0.39 is 0 Å². The summed E-state index contributed by atoms with van der Waals surface area (Å²) in [5.41, 5.74) is 1.03. The molecule has 0 aromatic heterocycles. The first-order chi connectivity index (χ1) is 10.7. The van der Waals surface area contributed by atoms with E-state index in [0.717, 1.165) is 66.7 Å². The van der Waals surface area contributed by atoms with E-state index in [9.17, 15) is 5.11 Å². The Bertz CT molecular complexity index is 484. The third-order valence-corrected chi connectivity index (χ3v) is 5.74. The largest absolute Gasteiger partial charge is 0.508 e. The van der Waals surface area contributed by atoms with Crippen molar-refractivity contribution in [1.82, 2.24) is 10.2 Å². The molecule has 0 spiro atoms. The Hall–Kier alpha value is 0.440. The van der Waals surface area contributed by atoms with Crippen molar-refractivity contribution in [2.45, 2.75) is 18.9 Å². The molecule has 0 amide bonds. The molecule has 1 atom stereocenters. The van der Waals surface area contributed by atoms with E-state index in [1.54, 1.807) is 6.07 Å². The number of phenolic OH excluding ortho intramolecular Hbond substituents is 1. The zero-order chi connectivity index (χ0) is 15.5. The second kappa shape index (κ2) is 10.6. The van der Waals surface area contributed by atoms with Gasteiger partial charge < -0.3 is 15.2 Å². The van der Waals surface area contributed by atoms with Crippen LogP contribution in [0.5, 0.6) is 5.75 Å². The van der Waals surface area contributed by atoms with Gasteiger partial charge in [-0.25, -0.2) is 0 Å². The Morgan fingerprint density at radius 1 is 1.12 bits per heavy atom. The van der Waals surface area contributed by atoms with Crippen molar-refractivity contribution in [2.75, 3.05) is 39.4 Å². The molecule has 0 unspecified atom stereocenters. The minimum Gasteiger partial charge on any atom is -0.508 e. The van der Waals surface area contributed by atoms with Crippen LogP contribution in [0, 0.1) is 5.92 Å². The summed E-state index contributed by atoms with van der Waals surface area (Å²) < 4.78 is 7.42. The van der Waals surface area contributed by atoms with Crippen molar-refractivity contribution in [3.8, 4) is 5.75 Å². The highest BCUT2D eigenvalue weighted by Crippen LogP contribution is 2.43. The quantitative estimate of drug-likeness (QED) is 0.647. The maximum absolute atomic E-state index is 10.6. The van der Waals surface area contributed by atoms with Gasteiger partial charge in [0.25, 0.3) is 0 Å². The van der Waals surface area contributed by atoms with Crippen molar-refractivity contribution >= 4 is 56.7 Å². The van der Waals surface area contributed by atoms with Crippen molar-refractivity contribution in [2.24, 2.45) is 5.92 Å². The number of ether oxygens (including phenoxy) is 1. The van der Waals surface area contributed by atoms with Gasteiger partial charge in [0.05, 0.1) is 0 Å². The molecule has 4 nitrogen and oxygen atoms in total. The Morgan fingerprint density at radius 2 is 1.75 bits per heavy atom. The first-order valence-electron chi connectivity index (χ1n) is 7.87. The monoisotopic (exact) mass is 504 g/mol. The fourth-order valence-corrected chi connectivity index (χ4v) is 5.01. The summed E-state index contributed by atoms with van der Waals surface area (Å²) in [5, 5.41) is 14.0. The number of piperazine rings is 1. The van der Waals surface area contributed by atoms with Crippen LogP contribution < -0.4 is 5.32 Å². The second-order valence-corrected chi connectivity index (χ2v) is 7.77. The molecule has 0 saturated carbocycles. The van der Waals surface area contributed by atoms with Crippen LogP contribution >= 0.6 is 56.7 Å². The lowest BCUT2D eigenvalue weighted by atomic mass is 9.85. The molecule has 24 heavy (non-hydrogen) atoms. The molecule has 0 bridgehead atoms. The summed E-state index contributed by atoms with van der Waals surface area (Å²) >= 11 is 7.12. The third-order valence-electron chi connectivity index (χ3n) is 4.63. The molecule has 0 aliphatic carbocycles. The molecule has 138 valence electrons. The highest BCUT2D eigenvalue weighted by molar-refractivity contribution is 9.11. The molecule has 2 saturated heterocycles. The van der Waals surface area contributed by atoms with Crippen LogP contribution in [0.1, 0.15) is 24.4 Å². The lowest BCUT2D eigenvalue weighted by molar-refractivity contribution is 0.0204. The number of halogens is 4. The molecule has 3 rings (SSSR count). The Balaban J connectivity index is 0.00000144. The molecule has 2 fully saturated rings. The molecular weight excluding hydrogens is 483 g/mol. The van der Waals surface area contributed by atoms with Gasteiger partial charge in [0.2, 0.25) is 0 Å². The van der Waals surface area contributed by atoms with Crippen molar-refractivity contribution in [1.29, 1.82) is 0 Å². The molecular formula is C16H24Br2Cl2N2O2. The maximum Gasteiger partial charge on any atom is 0.122 e. The van der Waals surface area contributed by atoms with Crippen LogP contribution in [0.4, 0.5) is 0 Å². The predicted molar refractivity (Wildman–Crippen MR) is 109 cm³/mol. The fourth-order valence-electron chi connectivity index (χ4n) is 3.57. The van der Waals surface area contributed by atoms with Crippen LogP contribution in [0.25, 0.3) is 0 Å². The fraction of sp³-hybridized carbons (Fsp3) is 0.625. The maximum atomic E-state index is 10.6. The van der Waals surface area contributed by atoms with Gasteiger partial charge in [-0.05, 0) is 30.9 Å². The van der Waals surface area contributed by atoms with Crippen molar-refractivity contribution in [3.05, 3.63) is 26.6 Å². The lowest BCUT2D eigenvalue weighted by Gasteiger charge is -2.41. The smallest absolute Gasteiger partial charge is 0.122 e. The van der Waals surface area contributed by atoms with Gasteiger partial charge in [-0.3, -0.25) is 4.90 Å². The zero-order valence-electron chi connectivity index (χ0n) is 13.3. The van der Waals surface area contributed by atoms with Gasteiger partial charge in [-0.2, -0.15) is 0 Å². The van der Waals surface area contributed by atoms with Crippen LogP contribution in [0.2, 0.25) is 0 Å². The summed E-state index contributed by atoms with van der Waals surface area (Å²) in [7, 11) is 0. The Morgan fingerprint density at radius 3 is 2.33 bits per heavy atom. The van der Waals surface area contributed by atoms with E-state index in [2.05, 4.69) is 42.1 Å². The predicted octanol–water partition coefficient (Wildman–Crippen LogP) is 4.13. The molecule has 2 aliphatic heterocycles. The lowest BCUT2D eigenvalue weighted by Crippen LogP contribution is -2.47. The van der Waals surface area contributed by atoms with Crippen molar-refractivity contribution in [3.63, 3.8) is 0 Å². The van der Waals surface area contributed by atoms with E-state index >= 15 is 0 Å². The van der Waals surface area contributed by atoms with E-state index in [4.69, 9.17) is 4.74 Å². The molecule has 2 N–H and O–H groups in total. The van der Waals surface area contributed by atoms with E-state index in [1.165, 1.54) is 0 Å². The molecule has 0 radical (unpaired) electrons. The number of benzene rings is 1. The SMILES string of the molecule is Cl.Cl.Oc1cc(Br)cc(Br)c1[C@H](C1CCOCC1)N1CCNCC1. The molecule has 1 aromatic carbocycles. The van der Waals surface area contributed by atoms with Crippen LogP contribution in [0.3, 0.4) is 0 Å². The summed E-state index contributed by atoms with van der Waals surface area (Å²) in [5.74, 6) is 0.895. The number of hydrogen-bond donors (Lipinski definition) is 2. The summed E-state index contributed by atoms with van der Waals surface area (Å²) in [6.45, 7) is 5.70. The van der Waals surface area contributed by atoms with E-state index in [0.29, 0.717) is 11.7 Å². The van der Waals surface area contributed by atoms with E-state index in [1.807, 2.05) is 6.07 Å². The van der Waals surface area contributed by atoms with Gasteiger partial charge in [-0.1, -0.05) is 31.9 Å². The Kier molecular flexibility index (Phi) is 9.89. The first-order valence-corrected chi connectivity index (χ1v) is 9.46. The standard InChI is InChI=1S/C16H22Br2N2O2.2ClH/c17-12-9-13(18)15(14(21)10-12)16(11-1-7-22-8-2-11)20-5-3-19-4-6-20;;/h9-11,16,19,21H,1-8H2;2*1H/t16-;;/m0../s1. The number of phenols is 1. The molecule has 2 heterocycles. The molecule has 1 aromatic rings. The van der Waals surface area contributed by atoms with Gasteiger partial charge in [0.15, 0.2) is 0 Å². The van der Waals surface area contributed by atoms with Crippen LogP contribution in [0.15, 0.2) is 21.1 Å². The minimum atomic E-state index is 0. The third kappa shape index (κ3) is 5.22. The van der Waals surface area contributed by atoms with Gasteiger partial charge in [0.1, 0.15) is 5.75 Å². The van der Waals surface area contributed by atoms with Crippen LogP contribution in [-0.4, -0.2) is 49.4 Å². The first kappa shape index (κ1) is 22.5. The average molecular weight is 507 g/mol. The summed E-state index contributed by atoms with van der Waals surface area (Å²) in [6, 6.07) is 4.08. The van der Waals surface area contributed by atoms with E-state index in [-0.39, 0.29) is 30.9 Å². The summed E-state index contributed by atoms with van der Waals surface area (Å²) in [4.78, 5) is 2.51.